The molecule has 2 aliphatic rings. The van der Waals surface area contributed by atoms with Crippen LogP contribution in [0.3, 0.4) is 0 Å². The van der Waals surface area contributed by atoms with Gasteiger partial charge in [0.1, 0.15) is 24.6 Å². The molecule has 2 heterocycles. The van der Waals surface area contributed by atoms with E-state index < -0.39 is 242 Å². The molecule has 0 aliphatic heterocycles. The maximum Gasteiger partial charge on any atom is 0.416 e. The number of halogens is 8. The first-order valence-electron chi connectivity index (χ1n) is 43.9. The molecule has 1 unspecified atom stereocenters. The number of alkyl halides is 6. The first kappa shape index (κ1) is 43.4. The predicted octanol–water partition coefficient (Wildman–Crippen LogP) is 15.0. The van der Waals surface area contributed by atoms with Gasteiger partial charge in [-0.15, -0.1) is 0 Å². The van der Waals surface area contributed by atoms with Crippen molar-refractivity contribution in [3.8, 4) is 22.3 Å². The summed E-state index contributed by atoms with van der Waals surface area (Å²) in [5.74, 6) is -8.77. The van der Waals surface area contributed by atoms with Gasteiger partial charge in [0.25, 0.3) is 11.1 Å². The molecule has 0 N–H and O–H groups in total. The summed E-state index contributed by atoms with van der Waals surface area (Å²) in [5.41, 5.74) is -16.2. The zero-order valence-electron chi connectivity index (χ0n) is 80.4. The summed E-state index contributed by atoms with van der Waals surface area (Å²) in [6, 6.07) is -6.42. The van der Waals surface area contributed by atoms with Crippen molar-refractivity contribution in [2.24, 2.45) is 5.89 Å². The standard InChI is InChI=1S/2C37H40F4N4O2S/c1-4-43(5-2)18-19-44(22-26-6-10-28(11-7-26)29-12-14-30(15-13-29)37(39,40)41)34(46)23-45-33-21-25(3)20-32(33)35(47)42-36(45)48-24-27-8-16-31(38)17-9-27;1-4-43(5-2)19-20-44(22-29-12-11-28(21-25(29)3)27-13-15-30(16-14-27)37(39,40)41)34(46)23-45-33-8-6-7-32(33)35(47)42-36(45)48-24-26-9-17-31(38)18-10-26/h6-17,25H,4-5,18-24H2,1-3H3;9-18,21H,4-8,19-20,22-24H2,1-3H3/i8D,9D,16D,17D,20D2,21D2,23D2,24D2,25D;9D,10D,11D,12D,13D,14D,15D,16D,17D,18D,21D,23D2,24D2. The number of rotatable bonds is 26. The number of aromatic nitrogens is 4. The van der Waals surface area contributed by atoms with Crippen LogP contribution in [0.1, 0.15) is 141 Å². The Kier molecular flexibility index (Phi) is 14.9. The molecule has 12 nitrogen and oxygen atoms in total. The molecule has 0 fully saturated rings. The summed E-state index contributed by atoms with van der Waals surface area (Å²) in [5, 5.41) is -1.84. The lowest BCUT2D eigenvalue weighted by atomic mass is 9.98. The van der Waals surface area contributed by atoms with Crippen LogP contribution in [0.4, 0.5) is 35.1 Å². The predicted molar refractivity (Wildman–Crippen MR) is 362 cm³/mol. The van der Waals surface area contributed by atoms with E-state index in [0.29, 0.717) is 53.9 Å². The molecule has 0 radical (unpaired) electrons. The first-order valence-corrected chi connectivity index (χ1v) is 31.5. The number of amides is 2. The second-order valence-electron chi connectivity index (χ2n) is 21.3. The lowest BCUT2D eigenvalue weighted by Crippen LogP contribution is -2.40. The minimum atomic E-state index is -5.28. The fourth-order valence-corrected chi connectivity index (χ4v) is 11.1. The molecule has 0 saturated carbocycles. The number of likely N-dealkylation sites (N-methyl/N-ethyl adjacent to an activating group) is 2. The van der Waals surface area contributed by atoms with Gasteiger partial charge < -0.3 is 28.7 Å². The van der Waals surface area contributed by atoms with Gasteiger partial charge in [0, 0.05) is 85.5 Å². The van der Waals surface area contributed by atoms with Crippen molar-refractivity contribution in [1.82, 2.24) is 38.7 Å². The van der Waals surface area contributed by atoms with E-state index in [1.807, 2.05) is 37.5 Å². The minimum absolute atomic E-state index is 0.00469. The molecule has 2 aromatic heterocycles. The monoisotopic (exact) mass is 1390 g/mol. The fraction of sp³-hybridized carbons (Fsp3) is 0.378. The van der Waals surface area contributed by atoms with Crippen LogP contribution in [-0.4, -0.2) is 103 Å². The second-order valence-corrected chi connectivity index (χ2v) is 22.9. The van der Waals surface area contributed by atoms with Gasteiger partial charge in [0.05, 0.1) is 37.2 Å². The quantitative estimate of drug-likeness (QED) is 0.0295. The van der Waals surface area contributed by atoms with Crippen molar-refractivity contribution < 1.29 is 83.1 Å². The van der Waals surface area contributed by atoms with Crippen LogP contribution in [0.25, 0.3) is 22.3 Å². The van der Waals surface area contributed by atoms with Gasteiger partial charge in [0.15, 0.2) is 10.3 Å². The number of hydrogen-bond donors (Lipinski definition) is 0. The highest BCUT2D eigenvalue weighted by Gasteiger charge is 2.33. The Labute approximate surface area is 603 Å². The third-order valence-corrected chi connectivity index (χ3v) is 16.6. The van der Waals surface area contributed by atoms with Gasteiger partial charge in [-0.2, -0.15) is 36.3 Å². The lowest BCUT2D eigenvalue weighted by Gasteiger charge is -2.28. The third kappa shape index (κ3) is 19.0. The smallest absolute Gasteiger partial charge is 0.336 e. The SMILES string of the molecule is [2H]c1c([2H])c(C([2H])([2H])Sc2nc(=O)c3c(n2C([2H])([2H])C(=O)N(CCN(CC)CC)Cc2c([2H])c([2H])c(-c4c([2H])c([2H])c(C(F)(F)F)c([2H])c4[2H])c([2H])c2C)CCC3)c([2H])c([2H])c1F.[2H]c1c([2H])c(C([2H])([2H])Sc2nc(=O)c3c(n2C([2H])([2H])C(=O)N(CCN(CC)CC)Cc2ccc(-c4ccc(C(F)(F)F)cc4)cc2)C([2H])([2H])C([2H])(C)C3([2H])[2H])c([2H])c([2H])c1F. The summed E-state index contributed by atoms with van der Waals surface area (Å²) in [6.07, 6.45) is -15.9. The molecular formula is C74H80F8N8O4S2. The van der Waals surface area contributed by atoms with E-state index >= 15 is 0 Å². The molecule has 8 aromatic rings. The molecule has 22 heteroatoms. The van der Waals surface area contributed by atoms with Crippen molar-refractivity contribution in [2.45, 2.75) is 134 Å². The number of benzene rings is 6. The van der Waals surface area contributed by atoms with E-state index in [2.05, 4.69) is 9.97 Å². The Bertz CT molecular complexity index is 5550. The van der Waals surface area contributed by atoms with Gasteiger partial charge in [-0.05, 0) is 169 Å². The Morgan fingerprint density at radius 2 is 1.04 bits per heavy atom. The number of thioether (sulfide) groups is 2. The van der Waals surface area contributed by atoms with Crippen LogP contribution in [0.2, 0.25) is 0 Å². The van der Waals surface area contributed by atoms with Crippen LogP contribution in [-0.2, 0) is 85.0 Å². The molecule has 0 bridgehead atoms. The van der Waals surface area contributed by atoms with E-state index in [1.165, 1.54) is 19.1 Å². The van der Waals surface area contributed by atoms with Crippen molar-refractivity contribution in [3.05, 3.63) is 233 Å². The molecular weight excluding hydrogens is 1280 g/mol. The van der Waals surface area contributed by atoms with E-state index in [9.17, 15) is 59.8 Å². The van der Waals surface area contributed by atoms with Gasteiger partial charge in [0.2, 0.25) is 11.8 Å². The summed E-state index contributed by atoms with van der Waals surface area (Å²) >= 11 is -0.235. The topological polar surface area (TPSA) is 117 Å². The van der Waals surface area contributed by atoms with Crippen molar-refractivity contribution in [1.29, 1.82) is 0 Å². The van der Waals surface area contributed by atoms with Gasteiger partial charge in [-0.1, -0.05) is 149 Å². The first-order chi connectivity index (χ1) is 57.1. The lowest BCUT2D eigenvalue weighted by molar-refractivity contribution is -0.138. The van der Waals surface area contributed by atoms with Crippen LogP contribution in [0.15, 0.2) is 159 Å². The molecule has 6 aromatic carbocycles. The molecule has 0 spiro atoms. The summed E-state index contributed by atoms with van der Waals surface area (Å²) in [6.45, 7) is 3.35. The molecule has 508 valence electrons. The normalized spacial score (nSPS) is 20.2. The van der Waals surface area contributed by atoms with Gasteiger partial charge >= 0.3 is 12.4 Å². The Morgan fingerprint density at radius 1 is 0.573 bits per heavy atom. The van der Waals surface area contributed by atoms with E-state index in [0.717, 1.165) is 28.9 Å². The number of carbonyl (C=O) groups excluding carboxylic acids is 2. The molecule has 2 aliphatic carbocycles. The van der Waals surface area contributed by atoms with Gasteiger partial charge in [-0.25, -0.2) is 8.78 Å². The highest BCUT2D eigenvalue weighted by Crippen LogP contribution is 2.35. The molecule has 10 rings (SSSR count). The maximum atomic E-state index is 14.8. The zero-order valence-corrected chi connectivity index (χ0v) is 54.0. The van der Waals surface area contributed by atoms with Crippen molar-refractivity contribution in [3.63, 3.8) is 0 Å². The average molecular weight is 1390 g/mol. The van der Waals surface area contributed by atoms with Crippen LogP contribution in [0, 0.1) is 24.5 Å². The highest BCUT2D eigenvalue weighted by molar-refractivity contribution is 7.98. The summed E-state index contributed by atoms with van der Waals surface area (Å²) in [7, 11) is 0. The molecule has 2 amide bonds. The number of carbonyl (C=O) groups is 2. The fourth-order valence-electron chi connectivity index (χ4n) is 9.79. The van der Waals surface area contributed by atoms with Crippen molar-refractivity contribution in [2.75, 3.05) is 52.4 Å². The minimum Gasteiger partial charge on any atom is -0.336 e. The van der Waals surface area contributed by atoms with E-state index in [1.54, 1.807) is 24.3 Å². The average Bonchev–Trinajstić information content (AvgIpc) is 1.51. The van der Waals surface area contributed by atoms with Gasteiger partial charge in [-0.3, -0.25) is 19.2 Å². The van der Waals surface area contributed by atoms with E-state index in [-0.39, 0.29) is 96.0 Å². The number of fused-ring (bicyclic) bond motifs is 2. The van der Waals surface area contributed by atoms with E-state index in [4.69, 9.17) is 32.9 Å². The Hall–Kier alpha value is -7.92. The van der Waals surface area contributed by atoms with Crippen LogP contribution in [0.5, 0.6) is 0 Å². The molecule has 1 atom stereocenters. The number of hydrogen-bond acceptors (Lipinski definition) is 10. The summed E-state index contributed by atoms with van der Waals surface area (Å²) < 4.78 is 352. The highest BCUT2D eigenvalue weighted by atomic mass is 32.2. The third-order valence-electron chi connectivity index (χ3n) is 15.1. The Balaban J connectivity index is 0.000000281. The van der Waals surface area contributed by atoms with Crippen LogP contribution < -0.4 is 11.1 Å². The molecule has 0 saturated heterocycles. The molecule has 96 heavy (non-hydrogen) atoms. The zero-order chi connectivity index (χ0) is 93.6. The second kappa shape index (κ2) is 32.9. The maximum absolute atomic E-state index is 14.8. The summed E-state index contributed by atoms with van der Waals surface area (Å²) in [4.78, 5) is 70.0. The Morgan fingerprint density at radius 3 is 1.54 bits per heavy atom. The number of nitrogens with zero attached hydrogens (tertiary/aromatic N) is 8. The van der Waals surface area contributed by atoms with Crippen LogP contribution >= 0.6 is 23.5 Å². The largest absolute Gasteiger partial charge is 0.416 e. The van der Waals surface area contributed by atoms with Crippen molar-refractivity contribution >= 4 is 35.3 Å².